The van der Waals surface area contributed by atoms with Crippen molar-refractivity contribution in [3.8, 4) is 0 Å². The number of rotatable bonds is 8. The zero-order chi connectivity index (χ0) is 13.4. The maximum atomic E-state index is 3.68. The lowest BCUT2D eigenvalue weighted by Crippen LogP contribution is -2.52. The third-order valence-electron chi connectivity index (χ3n) is 4.19. The van der Waals surface area contributed by atoms with Gasteiger partial charge in [0.15, 0.2) is 0 Å². The molecule has 3 nitrogen and oxygen atoms in total. The summed E-state index contributed by atoms with van der Waals surface area (Å²) in [5.74, 6) is 0. The van der Waals surface area contributed by atoms with Crippen molar-refractivity contribution in [3.63, 3.8) is 0 Å². The van der Waals surface area contributed by atoms with Gasteiger partial charge in [-0.05, 0) is 33.5 Å². The Kier molecular flexibility index (Phi) is 7.87. The van der Waals surface area contributed by atoms with Crippen LogP contribution in [0.15, 0.2) is 0 Å². The molecular weight excluding hydrogens is 222 g/mol. The van der Waals surface area contributed by atoms with E-state index in [0.717, 1.165) is 12.6 Å². The quantitative estimate of drug-likeness (QED) is 0.671. The van der Waals surface area contributed by atoms with Crippen molar-refractivity contribution >= 4 is 0 Å². The second-order valence-corrected chi connectivity index (χ2v) is 5.88. The highest BCUT2D eigenvalue weighted by molar-refractivity contribution is 4.83. The zero-order valence-electron chi connectivity index (χ0n) is 12.9. The number of likely N-dealkylation sites (N-methyl/N-ethyl adjacent to an activating group) is 2. The van der Waals surface area contributed by atoms with Gasteiger partial charge in [-0.2, -0.15) is 0 Å². The summed E-state index contributed by atoms with van der Waals surface area (Å²) >= 11 is 0. The molecule has 1 heterocycles. The van der Waals surface area contributed by atoms with Crippen LogP contribution in [0.5, 0.6) is 0 Å². The average Bonchev–Trinajstić information content (AvgIpc) is 2.34. The van der Waals surface area contributed by atoms with Crippen LogP contribution in [-0.4, -0.2) is 62.2 Å². The Morgan fingerprint density at radius 3 is 2.61 bits per heavy atom. The van der Waals surface area contributed by atoms with E-state index in [1.165, 1.54) is 51.7 Å². The lowest BCUT2D eigenvalue weighted by molar-refractivity contribution is 0.1000. The predicted octanol–water partition coefficient (Wildman–Crippen LogP) is 2.18. The fourth-order valence-electron chi connectivity index (χ4n) is 2.92. The second kappa shape index (κ2) is 8.89. The molecule has 0 aromatic heterocycles. The smallest absolute Gasteiger partial charge is 0.0235 e. The molecule has 1 aliphatic heterocycles. The van der Waals surface area contributed by atoms with Crippen LogP contribution in [-0.2, 0) is 0 Å². The largest absolute Gasteiger partial charge is 0.314 e. The summed E-state index contributed by atoms with van der Waals surface area (Å²) in [5, 5.41) is 3.68. The summed E-state index contributed by atoms with van der Waals surface area (Å²) in [4.78, 5) is 5.02. The van der Waals surface area contributed by atoms with Crippen LogP contribution in [0.4, 0.5) is 0 Å². The van der Waals surface area contributed by atoms with Crippen LogP contribution >= 0.6 is 0 Å². The van der Waals surface area contributed by atoms with Crippen molar-refractivity contribution in [2.24, 2.45) is 0 Å². The molecule has 0 spiro atoms. The van der Waals surface area contributed by atoms with Gasteiger partial charge in [0, 0.05) is 31.7 Å². The Morgan fingerprint density at radius 2 is 1.94 bits per heavy atom. The molecule has 0 aromatic carbocycles. The van der Waals surface area contributed by atoms with Gasteiger partial charge in [0.2, 0.25) is 0 Å². The van der Waals surface area contributed by atoms with Gasteiger partial charge in [-0.15, -0.1) is 0 Å². The Balaban J connectivity index is 2.37. The molecule has 0 saturated carbocycles. The lowest BCUT2D eigenvalue weighted by atomic mass is 9.98. The minimum Gasteiger partial charge on any atom is -0.314 e. The Morgan fingerprint density at radius 1 is 1.17 bits per heavy atom. The summed E-state index contributed by atoms with van der Waals surface area (Å²) < 4.78 is 0. The van der Waals surface area contributed by atoms with Crippen LogP contribution in [0, 0.1) is 0 Å². The highest BCUT2D eigenvalue weighted by Crippen LogP contribution is 2.15. The fraction of sp³-hybridized carbons (Fsp3) is 1.00. The van der Waals surface area contributed by atoms with Crippen LogP contribution in [0.25, 0.3) is 0 Å². The van der Waals surface area contributed by atoms with Crippen LogP contribution < -0.4 is 5.32 Å². The maximum Gasteiger partial charge on any atom is 0.0235 e. The number of piperazine rings is 1. The van der Waals surface area contributed by atoms with E-state index in [9.17, 15) is 0 Å². The SMILES string of the molecule is CCCCCC(CC1CN(C)CCN1C)NCC. The van der Waals surface area contributed by atoms with Crippen LogP contribution in [0.3, 0.4) is 0 Å². The van der Waals surface area contributed by atoms with E-state index in [-0.39, 0.29) is 0 Å². The number of hydrogen-bond acceptors (Lipinski definition) is 3. The Labute approximate surface area is 114 Å². The Hall–Kier alpha value is -0.120. The molecule has 1 saturated heterocycles. The summed E-state index contributed by atoms with van der Waals surface area (Å²) in [5.41, 5.74) is 0. The normalized spacial score (nSPS) is 24.3. The number of nitrogens with zero attached hydrogens (tertiary/aromatic N) is 2. The van der Waals surface area contributed by atoms with Gasteiger partial charge < -0.3 is 15.1 Å². The molecule has 1 fully saturated rings. The lowest BCUT2D eigenvalue weighted by Gasteiger charge is -2.39. The van der Waals surface area contributed by atoms with Crippen molar-refractivity contribution in [1.29, 1.82) is 0 Å². The predicted molar refractivity (Wildman–Crippen MR) is 80.1 cm³/mol. The third kappa shape index (κ3) is 5.68. The van der Waals surface area contributed by atoms with E-state index in [1.807, 2.05) is 0 Å². The molecule has 108 valence electrons. The minimum absolute atomic E-state index is 0.709. The van der Waals surface area contributed by atoms with Crippen molar-refractivity contribution in [1.82, 2.24) is 15.1 Å². The first-order valence-electron chi connectivity index (χ1n) is 7.79. The monoisotopic (exact) mass is 255 g/mol. The molecule has 0 aliphatic carbocycles. The molecule has 2 atom stereocenters. The molecule has 3 heteroatoms. The topological polar surface area (TPSA) is 18.5 Å². The molecule has 0 amide bonds. The highest BCUT2D eigenvalue weighted by Gasteiger charge is 2.24. The van der Waals surface area contributed by atoms with Gasteiger partial charge in [0.1, 0.15) is 0 Å². The zero-order valence-corrected chi connectivity index (χ0v) is 12.9. The number of hydrogen-bond donors (Lipinski definition) is 1. The van der Waals surface area contributed by atoms with E-state index in [0.29, 0.717) is 6.04 Å². The van der Waals surface area contributed by atoms with Gasteiger partial charge in [0.05, 0.1) is 0 Å². The summed E-state index contributed by atoms with van der Waals surface area (Å²) in [6, 6.07) is 1.44. The van der Waals surface area contributed by atoms with Gasteiger partial charge in [-0.3, -0.25) is 0 Å². The van der Waals surface area contributed by atoms with Crippen molar-refractivity contribution < 1.29 is 0 Å². The molecule has 18 heavy (non-hydrogen) atoms. The molecule has 1 N–H and O–H groups in total. The molecule has 0 radical (unpaired) electrons. The van der Waals surface area contributed by atoms with E-state index in [2.05, 4.69) is 43.1 Å². The van der Waals surface area contributed by atoms with Gasteiger partial charge in [0.25, 0.3) is 0 Å². The van der Waals surface area contributed by atoms with Crippen LogP contribution in [0.1, 0.15) is 46.0 Å². The number of unbranched alkanes of at least 4 members (excludes halogenated alkanes) is 2. The first-order valence-corrected chi connectivity index (χ1v) is 7.79. The molecule has 2 unspecified atom stereocenters. The molecule has 1 aliphatic rings. The first kappa shape index (κ1) is 15.9. The van der Waals surface area contributed by atoms with Gasteiger partial charge in [-0.25, -0.2) is 0 Å². The van der Waals surface area contributed by atoms with Gasteiger partial charge in [-0.1, -0.05) is 33.1 Å². The first-order chi connectivity index (χ1) is 8.67. The fourth-order valence-corrected chi connectivity index (χ4v) is 2.92. The van der Waals surface area contributed by atoms with E-state index >= 15 is 0 Å². The minimum atomic E-state index is 0.709. The van der Waals surface area contributed by atoms with Crippen molar-refractivity contribution in [2.75, 3.05) is 40.3 Å². The van der Waals surface area contributed by atoms with Crippen molar-refractivity contribution in [3.05, 3.63) is 0 Å². The van der Waals surface area contributed by atoms with E-state index in [4.69, 9.17) is 0 Å². The third-order valence-corrected chi connectivity index (χ3v) is 4.19. The number of nitrogens with one attached hydrogen (secondary N) is 1. The second-order valence-electron chi connectivity index (χ2n) is 5.88. The summed E-state index contributed by atoms with van der Waals surface area (Å²) in [6.07, 6.45) is 6.72. The Bertz CT molecular complexity index is 208. The van der Waals surface area contributed by atoms with E-state index in [1.54, 1.807) is 0 Å². The maximum absolute atomic E-state index is 3.68. The summed E-state index contributed by atoms with van der Waals surface area (Å²) in [7, 11) is 4.53. The average molecular weight is 255 g/mol. The van der Waals surface area contributed by atoms with Crippen LogP contribution in [0.2, 0.25) is 0 Å². The highest BCUT2D eigenvalue weighted by atomic mass is 15.3. The summed E-state index contributed by atoms with van der Waals surface area (Å²) in [6.45, 7) is 9.27. The molecule has 1 rings (SSSR count). The molecule has 0 bridgehead atoms. The van der Waals surface area contributed by atoms with Gasteiger partial charge >= 0.3 is 0 Å². The van der Waals surface area contributed by atoms with E-state index < -0.39 is 0 Å². The molecular formula is C15H33N3. The molecule has 0 aromatic rings. The standard InChI is InChI=1S/C15H33N3/c1-5-7-8-9-14(16-6-2)12-15-13-17(3)10-11-18(15)4/h14-16H,5-13H2,1-4H3. The van der Waals surface area contributed by atoms with Crippen molar-refractivity contribution in [2.45, 2.75) is 58.0 Å².